The lowest BCUT2D eigenvalue weighted by Crippen LogP contribution is -2.42. The van der Waals surface area contributed by atoms with Crippen LogP contribution in [-0.2, 0) is 11.3 Å². The highest BCUT2D eigenvalue weighted by molar-refractivity contribution is 7.99. The molecule has 34 heavy (non-hydrogen) atoms. The van der Waals surface area contributed by atoms with E-state index in [-0.39, 0.29) is 29.1 Å². The van der Waals surface area contributed by atoms with Crippen LogP contribution in [0.5, 0.6) is 0 Å². The molecule has 3 N–H and O–H groups in total. The van der Waals surface area contributed by atoms with Gasteiger partial charge in [-0.3, -0.25) is 19.1 Å². The molecule has 0 aliphatic rings. The first-order chi connectivity index (χ1) is 16.2. The summed E-state index contributed by atoms with van der Waals surface area (Å²) >= 11 is 1.16. The van der Waals surface area contributed by atoms with Crippen molar-refractivity contribution in [3.8, 4) is 5.69 Å². The highest BCUT2D eigenvalue weighted by Crippen LogP contribution is 2.23. The molecule has 0 bridgehead atoms. The summed E-state index contributed by atoms with van der Waals surface area (Å²) in [5.41, 5.74) is 6.82. The molecule has 0 atom stereocenters. The number of carbonyl (C=O) groups is 1. The van der Waals surface area contributed by atoms with Crippen LogP contribution in [-0.4, -0.2) is 48.0 Å². The Hall–Kier alpha value is -3.41. The maximum Gasteiger partial charge on any atom is 0.330 e. The summed E-state index contributed by atoms with van der Waals surface area (Å²) in [5, 5.41) is 12.3. The van der Waals surface area contributed by atoms with Crippen molar-refractivity contribution in [2.45, 2.75) is 52.2 Å². The van der Waals surface area contributed by atoms with E-state index in [4.69, 9.17) is 5.73 Å². The topological polar surface area (TPSA) is 145 Å². The largest absolute Gasteiger partial charge is 0.383 e. The molecule has 1 amide bonds. The first kappa shape index (κ1) is 25.2. The Balaban J connectivity index is 1.89. The number of nitrogens with one attached hydrogen (secondary N) is 1. The number of nitrogen functional groups attached to an aromatic ring is 1. The zero-order valence-corrected chi connectivity index (χ0v) is 20.6. The molecule has 0 unspecified atom stereocenters. The second-order valence-electron chi connectivity index (χ2n) is 8.40. The number of hydrogen-bond acceptors (Lipinski definition) is 8. The number of carbonyl (C=O) groups excluding carboxylic acids is 1. The summed E-state index contributed by atoms with van der Waals surface area (Å²) < 4.78 is 2.87. The Kier molecular flexibility index (Phi) is 8.26. The molecule has 3 rings (SSSR count). The quantitative estimate of drug-likeness (QED) is 0.414. The summed E-state index contributed by atoms with van der Waals surface area (Å²) in [5.74, 6) is -0.238. The van der Waals surface area contributed by atoms with E-state index in [0.29, 0.717) is 24.7 Å². The highest BCUT2D eigenvalue weighted by Gasteiger charge is 2.25. The van der Waals surface area contributed by atoms with E-state index in [0.717, 1.165) is 29.4 Å². The number of H-pyrrole nitrogens is 1. The van der Waals surface area contributed by atoms with Crippen molar-refractivity contribution in [2.24, 2.45) is 5.92 Å². The summed E-state index contributed by atoms with van der Waals surface area (Å²) in [6, 6.07) is 7.69. The van der Waals surface area contributed by atoms with Gasteiger partial charge in [-0.1, -0.05) is 51.1 Å². The van der Waals surface area contributed by atoms with Gasteiger partial charge in [0.2, 0.25) is 11.1 Å². The number of thioether (sulfide) groups is 1. The van der Waals surface area contributed by atoms with Crippen LogP contribution in [0.15, 0.2) is 39.0 Å². The second kappa shape index (κ2) is 11.1. The van der Waals surface area contributed by atoms with E-state index in [1.165, 1.54) is 9.47 Å². The number of amides is 1. The molecule has 12 heteroatoms. The second-order valence-corrected chi connectivity index (χ2v) is 9.34. The molecule has 2 heterocycles. The first-order valence-corrected chi connectivity index (χ1v) is 12.1. The Morgan fingerprint density at radius 2 is 2.06 bits per heavy atom. The standard InChI is InChI=1S/C22H30N8O3S/c1-5-6-10-28(18-19(23)29(12-14(2)3)21(33)24-20(18)32)17(31)13-34-22-25-26-27-30(22)16-9-7-8-15(4)11-16/h7-9,11,14H,5-6,10,12-13,23H2,1-4H3,(H,24,32,33). The van der Waals surface area contributed by atoms with E-state index in [2.05, 4.69) is 20.5 Å². The number of nitrogens with two attached hydrogens (primary N) is 1. The number of nitrogens with zero attached hydrogens (tertiary/aromatic N) is 6. The number of aryl methyl sites for hydroxylation is 1. The van der Waals surface area contributed by atoms with Gasteiger partial charge in [0.05, 0.1) is 11.4 Å². The Morgan fingerprint density at radius 3 is 2.74 bits per heavy atom. The van der Waals surface area contributed by atoms with Crippen LogP contribution >= 0.6 is 11.8 Å². The number of rotatable bonds is 10. The Labute approximate surface area is 201 Å². The Bertz CT molecular complexity index is 1260. The SMILES string of the molecule is CCCCN(C(=O)CSc1nnnn1-c1cccc(C)c1)c1c(N)n(CC(C)C)c(=O)[nH]c1=O. The molecular formula is C22H30N8O3S. The van der Waals surface area contributed by atoms with Crippen molar-refractivity contribution in [3.63, 3.8) is 0 Å². The highest BCUT2D eigenvalue weighted by atomic mass is 32.2. The third kappa shape index (κ3) is 5.74. The fourth-order valence-electron chi connectivity index (χ4n) is 3.46. The molecule has 0 aliphatic carbocycles. The van der Waals surface area contributed by atoms with Crippen molar-refractivity contribution in [1.29, 1.82) is 0 Å². The molecule has 182 valence electrons. The van der Waals surface area contributed by atoms with Crippen LogP contribution in [0.25, 0.3) is 5.69 Å². The molecule has 1 aromatic carbocycles. The molecule has 0 spiro atoms. The minimum absolute atomic E-state index is 0.00224. The maximum absolute atomic E-state index is 13.3. The number of anilines is 2. The molecule has 0 fully saturated rings. The zero-order chi connectivity index (χ0) is 24.8. The number of unbranched alkanes of at least 4 members (excludes halogenated alkanes) is 1. The molecule has 11 nitrogen and oxygen atoms in total. The lowest BCUT2D eigenvalue weighted by molar-refractivity contribution is -0.116. The van der Waals surface area contributed by atoms with Crippen LogP contribution in [0.3, 0.4) is 0 Å². The molecule has 3 aromatic rings. The van der Waals surface area contributed by atoms with Crippen molar-refractivity contribution >= 4 is 29.2 Å². The third-order valence-electron chi connectivity index (χ3n) is 5.08. The minimum atomic E-state index is -0.679. The van der Waals surface area contributed by atoms with Gasteiger partial charge in [0.15, 0.2) is 5.69 Å². The van der Waals surface area contributed by atoms with Gasteiger partial charge in [0.25, 0.3) is 5.56 Å². The van der Waals surface area contributed by atoms with Gasteiger partial charge in [-0.05, 0) is 47.4 Å². The summed E-state index contributed by atoms with van der Waals surface area (Å²) in [6.45, 7) is 8.45. The van der Waals surface area contributed by atoms with Crippen LogP contribution in [0.2, 0.25) is 0 Å². The predicted molar refractivity (Wildman–Crippen MR) is 132 cm³/mol. The number of benzene rings is 1. The van der Waals surface area contributed by atoms with E-state index >= 15 is 0 Å². The van der Waals surface area contributed by atoms with Gasteiger partial charge in [0, 0.05) is 13.1 Å². The van der Waals surface area contributed by atoms with E-state index in [1.807, 2.05) is 52.0 Å². The molecule has 0 radical (unpaired) electrons. The van der Waals surface area contributed by atoms with Gasteiger partial charge in [-0.15, -0.1) is 5.10 Å². The summed E-state index contributed by atoms with van der Waals surface area (Å²) in [7, 11) is 0. The van der Waals surface area contributed by atoms with Crippen molar-refractivity contribution in [3.05, 3.63) is 50.7 Å². The predicted octanol–water partition coefficient (Wildman–Crippen LogP) is 1.98. The number of aromatic nitrogens is 6. The molecule has 0 saturated carbocycles. The normalized spacial score (nSPS) is 11.2. The average molecular weight is 487 g/mol. The van der Waals surface area contributed by atoms with Gasteiger partial charge in [0.1, 0.15) is 5.82 Å². The van der Waals surface area contributed by atoms with Gasteiger partial charge in [-0.25, -0.2) is 4.79 Å². The zero-order valence-electron chi connectivity index (χ0n) is 19.8. The number of aromatic amines is 1. The first-order valence-electron chi connectivity index (χ1n) is 11.1. The average Bonchev–Trinajstić information content (AvgIpc) is 3.25. The molecular weight excluding hydrogens is 456 g/mol. The third-order valence-corrected chi connectivity index (χ3v) is 5.98. The van der Waals surface area contributed by atoms with E-state index in [1.54, 1.807) is 4.68 Å². The van der Waals surface area contributed by atoms with E-state index in [9.17, 15) is 14.4 Å². The van der Waals surface area contributed by atoms with E-state index < -0.39 is 11.2 Å². The van der Waals surface area contributed by atoms with Gasteiger partial charge >= 0.3 is 5.69 Å². The molecule has 2 aromatic heterocycles. The van der Waals surface area contributed by atoms with Crippen LogP contribution in [0.4, 0.5) is 11.5 Å². The summed E-state index contributed by atoms with van der Waals surface area (Å²) in [6.07, 6.45) is 1.48. The maximum atomic E-state index is 13.3. The summed E-state index contributed by atoms with van der Waals surface area (Å²) in [4.78, 5) is 42.0. The van der Waals surface area contributed by atoms with Crippen LogP contribution < -0.4 is 21.9 Å². The molecule has 0 aliphatic heterocycles. The van der Waals surface area contributed by atoms with Crippen LogP contribution in [0.1, 0.15) is 39.2 Å². The molecule has 0 saturated heterocycles. The smallest absolute Gasteiger partial charge is 0.330 e. The van der Waals surface area contributed by atoms with Crippen molar-refractivity contribution in [1.82, 2.24) is 29.8 Å². The van der Waals surface area contributed by atoms with Gasteiger partial charge < -0.3 is 10.6 Å². The lowest BCUT2D eigenvalue weighted by atomic mass is 10.2. The van der Waals surface area contributed by atoms with Gasteiger partial charge in [-0.2, -0.15) is 4.68 Å². The van der Waals surface area contributed by atoms with Crippen molar-refractivity contribution < 1.29 is 4.79 Å². The monoisotopic (exact) mass is 486 g/mol. The minimum Gasteiger partial charge on any atom is -0.383 e. The lowest BCUT2D eigenvalue weighted by Gasteiger charge is -2.24. The fourth-order valence-corrected chi connectivity index (χ4v) is 4.22. The van der Waals surface area contributed by atoms with Crippen molar-refractivity contribution in [2.75, 3.05) is 22.9 Å². The Morgan fingerprint density at radius 1 is 1.29 bits per heavy atom. The fraction of sp³-hybridized carbons (Fsp3) is 0.455. The number of tetrazole rings is 1. The van der Waals surface area contributed by atoms with Crippen LogP contribution in [0, 0.1) is 12.8 Å². The number of hydrogen-bond donors (Lipinski definition) is 2.